The Morgan fingerprint density at radius 1 is 1.00 bits per heavy atom. The molecule has 0 aliphatic rings. The minimum Gasteiger partial charge on any atom is -0.406 e. The van der Waals surface area contributed by atoms with Crippen LogP contribution in [0.3, 0.4) is 0 Å². The van der Waals surface area contributed by atoms with Crippen molar-refractivity contribution in [1.29, 1.82) is 0 Å². The van der Waals surface area contributed by atoms with Gasteiger partial charge in [-0.3, -0.25) is 13.9 Å². The number of aliphatic hydroxyl groups is 1. The quantitative estimate of drug-likeness (QED) is 0.352. The summed E-state index contributed by atoms with van der Waals surface area (Å²) in [4.78, 5) is 30.8. The van der Waals surface area contributed by atoms with Crippen LogP contribution in [0, 0.1) is 0 Å². The first-order chi connectivity index (χ1) is 17.5. The van der Waals surface area contributed by atoms with Crippen LogP contribution in [0.5, 0.6) is 5.75 Å². The van der Waals surface area contributed by atoms with Gasteiger partial charge in [0, 0.05) is 43.2 Å². The number of aryl methyl sites for hydroxylation is 1. The average Bonchev–Trinajstić information content (AvgIpc) is 3.15. The zero-order valence-electron chi connectivity index (χ0n) is 19.4. The normalized spacial score (nSPS) is 11.9. The van der Waals surface area contributed by atoms with E-state index in [2.05, 4.69) is 9.72 Å². The van der Waals surface area contributed by atoms with Gasteiger partial charge >= 0.3 is 12.1 Å². The van der Waals surface area contributed by atoms with Crippen molar-refractivity contribution in [3.63, 3.8) is 0 Å². The number of hydrogen-bond acceptors (Lipinski definition) is 5. The molecule has 13 heteroatoms. The lowest BCUT2D eigenvalue weighted by atomic mass is 10.1. The van der Waals surface area contributed by atoms with Gasteiger partial charge in [0.2, 0.25) is 0 Å². The van der Waals surface area contributed by atoms with Gasteiger partial charge in [0.25, 0.3) is 5.56 Å². The van der Waals surface area contributed by atoms with Crippen LogP contribution in [0.25, 0.3) is 11.2 Å². The summed E-state index contributed by atoms with van der Waals surface area (Å²) in [6, 6.07) is 10.6. The van der Waals surface area contributed by atoms with Crippen molar-refractivity contribution in [2.45, 2.75) is 32.3 Å². The number of imidazole rings is 1. The largest absolute Gasteiger partial charge is 0.573 e. The molecule has 37 heavy (non-hydrogen) atoms. The summed E-state index contributed by atoms with van der Waals surface area (Å²) >= 11 is 12.0. The standard InChI is InChI=1S/C24H21Cl2F3N4O4/c1-31-21-20(22(35)32(23(31)36)7-2-8-34)33(13-14-3-5-16(25)6-4-14)19(30-21)11-15-9-17(26)12-18(10-15)37-24(27,28)29/h3-6,9-10,12,34H,2,7-8,11,13H2,1H3. The van der Waals surface area contributed by atoms with E-state index < -0.39 is 23.4 Å². The van der Waals surface area contributed by atoms with Crippen molar-refractivity contribution in [1.82, 2.24) is 18.7 Å². The monoisotopic (exact) mass is 556 g/mol. The molecule has 0 saturated carbocycles. The van der Waals surface area contributed by atoms with Gasteiger partial charge in [-0.15, -0.1) is 13.2 Å². The molecule has 196 valence electrons. The number of alkyl halides is 3. The molecule has 0 bridgehead atoms. The molecule has 0 aliphatic carbocycles. The number of aromatic nitrogens is 4. The molecule has 2 aromatic heterocycles. The molecule has 0 saturated heterocycles. The van der Waals surface area contributed by atoms with Crippen LogP contribution in [0.2, 0.25) is 10.0 Å². The number of fused-ring (bicyclic) bond motifs is 1. The van der Waals surface area contributed by atoms with Gasteiger partial charge < -0.3 is 14.4 Å². The van der Waals surface area contributed by atoms with Crippen LogP contribution < -0.4 is 16.0 Å². The summed E-state index contributed by atoms with van der Waals surface area (Å²) in [5.41, 5.74) is 0.188. The number of aliphatic hydroxyl groups excluding tert-OH is 1. The maximum absolute atomic E-state index is 13.4. The molecule has 2 aromatic carbocycles. The highest BCUT2D eigenvalue weighted by molar-refractivity contribution is 6.31. The Balaban J connectivity index is 1.89. The Morgan fingerprint density at radius 3 is 2.35 bits per heavy atom. The Morgan fingerprint density at radius 2 is 1.70 bits per heavy atom. The van der Waals surface area contributed by atoms with E-state index in [9.17, 15) is 27.9 Å². The number of ether oxygens (including phenoxy) is 1. The Hall–Kier alpha value is -3.28. The number of hydrogen-bond donors (Lipinski definition) is 1. The molecule has 0 atom stereocenters. The van der Waals surface area contributed by atoms with Crippen LogP contribution in [0.1, 0.15) is 23.4 Å². The van der Waals surface area contributed by atoms with Crippen molar-refractivity contribution in [3.05, 3.63) is 90.3 Å². The third kappa shape index (κ3) is 6.00. The van der Waals surface area contributed by atoms with Gasteiger partial charge in [0.1, 0.15) is 11.6 Å². The van der Waals surface area contributed by atoms with E-state index in [-0.39, 0.29) is 48.7 Å². The van der Waals surface area contributed by atoms with Gasteiger partial charge in [0.15, 0.2) is 11.2 Å². The average molecular weight is 557 g/mol. The van der Waals surface area contributed by atoms with Gasteiger partial charge in [-0.05, 0) is 47.9 Å². The molecule has 4 aromatic rings. The van der Waals surface area contributed by atoms with Gasteiger partial charge in [0.05, 0.1) is 0 Å². The van der Waals surface area contributed by atoms with E-state index in [0.717, 1.165) is 16.2 Å². The molecular formula is C24H21Cl2F3N4O4. The highest BCUT2D eigenvalue weighted by Gasteiger charge is 2.31. The molecule has 8 nitrogen and oxygen atoms in total. The van der Waals surface area contributed by atoms with E-state index in [1.54, 1.807) is 28.8 Å². The van der Waals surface area contributed by atoms with E-state index in [4.69, 9.17) is 23.2 Å². The van der Waals surface area contributed by atoms with E-state index in [1.807, 2.05) is 0 Å². The number of halogens is 5. The number of nitrogens with zero attached hydrogens (tertiary/aromatic N) is 4. The second-order valence-corrected chi connectivity index (χ2v) is 9.18. The Kier molecular flexibility index (Phi) is 7.67. The summed E-state index contributed by atoms with van der Waals surface area (Å²) in [7, 11) is 1.47. The molecule has 0 radical (unpaired) electrons. The second kappa shape index (κ2) is 10.6. The maximum Gasteiger partial charge on any atom is 0.573 e. The first-order valence-corrected chi connectivity index (χ1v) is 11.8. The Labute approximate surface area is 218 Å². The lowest BCUT2D eigenvalue weighted by Crippen LogP contribution is -2.40. The smallest absolute Gasteiger partial charge is 0.406 e. The predicted molar refractivity (Wildman–Crippen MR) is 132 cm³/mol. The summed E-state index contributed by atoms with van der Waals surface area (Å²) in [5, 5.41) is 9.75. The van der Waals surface area contributed by atoms with E-state index in [0.29, 0.717) is 16.4 Å². The molecule has 0 spiro atoms. The molecule has 0 fully saturated rings. The lowest BCUT2D eigenvalue weighted by molar-refractivity contribution is -0.274. The number of benzene rings is 2. The maximum atomic E-state index is 13.4. The van der Waals surface area contributed by atoms with Crippen molar-refractivity contribution >= 4 is 34.4 Å². The first-order valence-electron chi connectivity index (χ1n) is 11.1. The SMILES string of the molecule is Cn1c(=O)n(CCCO)c(=O)c2c1nc(Cc1cc(Cl)cc(OC(F)(F)F)c1)n2Cc1ccc(Cl)cc1. The minimum atomic E-state index is -4.90. The highest BCUT2D eigenvalue weighted by atomic mass is 35.5. The summed E-state index contributed by atoms with van der Waals surface area (Å²) in [6.07, 6.45) is -4.72. The summed E-state index contributed by atoms with van der Waals surface area (Å²) in [6.45, 7) is -0.0330. The molecule has 2 heterocycles. The molecule has 0 amide bonds. The fourth-order valence-corrected chi connectivity index (χ4v) is 4.39. The molecule has 4 rings (SSSR count). The highest BCUT2D eigenvalue weighted by Crippen LogP contribution is 2.28. The molecular weight excluding hydrogens is 536 g/mol. The van der Waals surface area contributed by atoms with Crippen LogP contribution in [-0.2, 0) is 26.6 Å². The molecule has 0 aliphatic heterocycles. The molecule has 1 N–H and O–H groups in total. The first kappa shape index (κ1) is 26.8. The van der Waals surface area contributed by atoms with Crippen molar-refractivity contribution in [3.8, 4) is 5.75 Å². The minimum absolute atomic E-state index is 0.00579. The van der Waals surface area contributed by atoms with Crippen LogP contribution in [0.4, 0.5) is 13.2 Å². The van der Waals surface area contributed by atoms with Gasteiger partial charge in [-0.2, -0.15) is 0 Å². The van der Waals surface area contributed by atoms with Crippen LogP contribution in [0.15, 0.2) is 52.1 Å². The third-order valence-corrected chi connectivity index (χ3v) is 6.10. The van der Waals surface area contributed by atoms with E-state index >= 15 is 0 Å². The second-order valence-electron chi connectivity index (χ2n) is 8.31. The fraction of sp³-hybridized carbons (Fsp3) is 0.292. The van der Waals surface area contributed by atoms with Crippen molar-refractivity contribution < 1.29 is 23.0 Å². The summed E-state index contributed by atoms with van der Waals surface area (Å²) < 4.78 is 46.2. The zero-order chi connectivity index (χ0) is 26.9. The van der Waals surface area contributed by atoms with Crippen molar-refractivity contribution in [2.24, 2.45) is 7.05 Å². The summed E-state index contributed by atoms with van der Waals surface area (Å²) in [5.74, 6) is -0.175. The topological polar surface area (TPSA) is 91.3 Å². The third-order valence-electron chi connectivity index (χ3n) is 5.63. The molecule has 0 unspecified atom stereocenters. The van der Waals surface area contributed by atoms with Gasteiger partial charge in [-0.25, -0.2) is 9.78 Å². The van der Waals surface area contributed by atoms with Gasteiger partial charge in [-0.1, -0.05) is 35.3 Å². The number of rotatable bonds is 8. The zero-order valence-corrected chi connectivity index (χ0v) is 20.9. The fourth-order valence-electron chi connectivity index (χ4n) is 4.02. The lowest BCUT2D eigenvalue weighted by Gasteiger charge is -2.13. The van der Waals surface area contributed by atoms with Crippen molar-refractivity contribution in [2.75, 3.05) is 6.61 Å². The van der Waals surface area contributed by atoms with Crippen LogP contribution >= 0.6 is 23.2 Å². The Bertz CT molecular complexity index is 1560. The predicted octanol–water partition coefficient (Wildman–Crippen LogP) is 4.12. The van der Waals surface area contributed by atoms with E-state index in [1.165, 1.54) is 23.7 Å². The van der Waals surface area contributed by atoms with Crippen LogP contribution in [-0.4, -0.2) is 36.8 Å².